The van der Waals surface area contributed by atoms with E-state index < -0.39 is 58.1 Å². The topological polar surface area (TPSA) is 274 Å². The maximum absolute atomic E-state index is 12.1. The molecule has 1 aliphatic carbocycles. The fraction of sp³-hybridized carbons (Fsp3) is 0.545. The summed E-state index contributed by atoms with van der Waals surface area (Å²) in [6.45, 7) is 6.41. The van der Waals surface area contributed by atoms with Gasteiger partial charge in [0.2, 0.25) is 5.36 Å². The molecule has 2 aliphatic heterocycles. The van der Waals surface area contributed by atoms with E-state index in [0.29, 0.717) is 119 Å². The number of rotatable bonds is 32. The molecule has 1 N–H and O–H groups in total. The maximum Gasteiger partial charge on any atom is 0.303 e. The average Bonchev–Trinajstić information content (AvgIpc) is 3.47. The van der Waals surface area contributed by atoms with Gasteiger partial charge in [-0.15, -0.1) is 0 Å². The summed E-state index contributed by atoms with van der Waals surface area (Å²) in [5.74, 6) is -1.61. The van der Waals surface area contributed by atoms with Crippen molar-refractivity contribution in [2.24, 2.45) is 0 Å². The van der Waals surface area contributed by atoms with Crippen LogP contribution in [0, 0.1) is 0 Å². The Hall–Kier alpha value is -4.07. The van der Waals surface area contributed by atoms with Crippen LogP contribution in [0.1, 0.15) is 63.0 Å². The molecule has 1 aromatic carbocycles. The van der Waals surface area contributed by atoms with Crippen molar-refractivity contribution in [2.75, 3.05) is 103 Å². The molecular formula is C44H60N2O17S3-2. The lowest BCUT2D eigenvalue weighted by atomic mass is 9.77. The second-order valence-electron chi connectivity index (χ2n) is 15.7. The number of ether oxygens (including phenoxy) is 5. The number of unbranched alkanes of at least 4 members (excludes halogenated alkanes) is 2. The van der Waals surface area contributed by atoms with E-state index in [2.05, 4.69) is 0 Å². The summed E-state index contributed by atoms with van der Waals surface area (Å²) in [5.41, 5.74) is 2.12. The Labute approximate surface area is 387 Å². The van der Waals surface area contributed by atoms with Crippen molar-refractivity contribution >= 4 is 48.1 Å². The first-order chi connectivity index (χ1) is 31.3. The van der Waals surface area contributed by atoms with Gasteiger partial charge in [0, 0.05) is 66.4 Å². The zero-order valence-corrected chi connectivity index (χ0v) is 39.7. The Morgan fingerprint density at radius 1 is 0.773 bits per heavy atom. The second kappa shape index (κ2) is 26.5. The number of methoxy groups -OCH3 is 1. The third-order valence-corrected chi connectivity index (χ3v) is 13.2. The molecule has 0 aromatic heterocycles. The number of anilines is 1. The summed E-state index contributed by atoms with van der Waals surface area (Å²) in [4.78, 5) is 12.6. The zero-order valence-electron chi connectivity index (χ0n) is 37.3. The highest BCUT2D eigenvalue weighted by Crippen LogP contribution is 2.51. The summed E-state index contributed by atoms with van der Waals surface area (Å²) in [6, 6.07) is 11.3. The van der Waals surface area contributed by atoms with Crippen LogP contribution in [-0.2, 0) is 64.2 Å². The first kappa shape index (κ1) is 54.5. The number of benzene rings is 2. The smallest absolute Gasteiger partial charge is 0.303 e. The van der Waals surface area contributed by atoms with Gasteiger partial charge in [-0.2, -0.15) is 0 Å². The first-order valence-corrected chi connectivity index (χ1v) is 26.1. The number of carbonyl (C=O) groups is 1. The van der Waals surface area contributed by atoms with Crippen LogP contribution in [0.3, 0.4) is 0 Å². The number of fused-ring (bicyclic) bond motifs is 2. The van der Waals surface area contributed by atoms with Crippen LogP contribution in [0.4, 0.5) is 5.69 Å². The van der Waals surface area contributed by atoms with Crippen LogP contribution in [0.2, 0.25) is 0 Å². The molecule has 1 atom stereocenters. The van der Waals surface area contributed by atoms with Crippen LogP contribution >= 0.6 is 0 Å². The molecule has 0 spiro atoms. The molecule has 66 heavy (non-hydrogen) atoms. The predicted molar refractivity (Wildman–Crippen MR) is 241 cm³/mol. The third kappa shape index (κ3) is 18.2. The minimum Gasteiger partial charge on any atom is -0.748 e. The van der Waals surface area contributed by atoms with Gasteiger partial charge in [0.1, 0.15) is 29.0 Å². The van der Waals surface area contributed by atoms with Gasteiger partial charge < -0.3 is 51.8 Å². The van der Waals surface area contributed by atoms with Gasteiger partial charge in [-0.05, 0) is 80.1 Å². The fourth-order valence-corrected chi connectivity index (χ4v) is 9.08. The molecule has 0 bridgehead atoms. The molecule has 22 heteroatoms. The van der Waals surface area contributed by atoms with Crippen molar-refractivity contribution in [3.63, 3.8) is 0 Å². The van der Waals surface area contributed by atoms with E-state index in [1.54, 1.807) is 32.2 Å². The Balaban J connectivity index is 1.57. The number of allylic oxidation sites excluding steroid dienone is 3. The molecule has 0 saturated carbocycles. The summed E-state index contributed by atoms with van der Waals surface area (Å²) >= 11 is 0. The van der Waals surface area contributed by atoms with Gasteiger partial charge in [-0.3, -0.25) is 4.79 Å². The Kier molecular flexibility index (Phi) is 21.9. The largest absolute Gasteiger partial charge is 0.748 e. The first-order valence-electron chi connectivity index (χ1n) is 21.6. The molecule has 4 rings (SSSR count). The van der Waals surface area contributed by atoms with Gasteiger partial charge in [0.15, 0.2) is 6.54 Å². The van der Waals surface area contributed by atoms with Crippen molar-refractivity contribution in [3.8, 4) is 11.3 Å². The predicted octanol–water partition coefficient (Wildman–Crippen LogP) is 3.35. The summed E-state index contributed by atoms with van der Waals surface area (Å²) in [5, 5.41) is 9.82. The molecule has 2 heterocycles. The second-order valence-corrected chi connectivity index (χ2v) is 20.1. The number of carboxylic acids is 1. The van der Waals surface area contributed by atoms with Gasteiger partial charge in [-0.25, -0.2) is 29.8 Å². The third-order valence-electron chi connectivity index (χ3n) is 10.8. The molecule has 19 nitrogen and oxygen atoms in total. The molecule has 3 aliphatic rings. The van der Waals surface area contributed by atoms with Crippen LogP contribution in [-0.4, -0.2) is 148 Å². The van der Waals surface area contributed by atoms with Crippen molar-refractivity contribution in [1.82, 2.24) is 4.58 Å². The van der Waals surface area contributed by atoms with E-state index >= 15 is 0 Å². The van der Waals surface area contributed by atoms with Crippen LogP contribution < -0.4 is 14.8 Å². The van der Waals surface area contributed by atoms with Gasteiger partial charge in [-0.1, -0.05) is 18.6 Å². The molecule has 368 valence electrons. The maximum atomic E-state index is 12.1. The number of hydrogen-bond acceptors (Lipinski definition) is 17. The summed E-state index contributed by atoms with van der Waals surface area (Å²) in [6.07, 6.45) is 8.63. The molecule has 1 aromatic rings. The number of hydrogen-bond donors (Lipinski definition) is 1. The highest BCUT2D eigenvalue weighted by atomic mass is 32.2. The zero-order chi connectivity index (χ0) is 48.2. The van der Waals surface area contributed by atoms with Gasteiger partial charge in [0.25, 0.3) is 0 Å². The van der Waals surface area contributed by atoms with E-state index in [1.165, 1.54) is 24.5 Å². The number of aliphatic carboxylic acids is 1. The van der Waals surface area contributed by atoms with Crippen LogP contribution in [0.15, 0.2) is 75.9 Å². The van der Waals surface area contributed by atoms with Crippen LogP contribution in [0.25, 0.3) is 17.4 Å². The quantitative estimate of drug-likeness (QED) is 0.0533. The van der Waals surface area contributed by atoms with Crippen molar-refractivity contribution < 1.29 is 76.9 Å². The molecule has 0 saturated heterocycles. The lowest BCUT2D eigenvalue weighted by molar-refractivity contribution is -0.137. The van der Waals surface area contributed by atoms with Crippen molar-refractivity contribution in [1.29, 1.82) is 0 Å². The van der Waals surface area contributed by atoms with E-state index in [1.807, 2.05) is 33.8 Å². The van der Waals surface area contributed by atoms with E-state index in [4.69, 9.17) is 33.2 Å². The molecule has 1 unspecified atom stereocenters. The molecule has 0 amide bonds. The normalized spacial score (nSPS) is 16.7. The Morgan fingerprint density at radius 2 is 1.41 bits per heavy atom. The lowest BCUT2D eigenvalue weighted by Gasteiger charge is -2.31. The number of carboxylic acid groups (broad SMARTS) is 1. The standard InChI is InChI=1S/C44H62N2O17S3/c1-44(17-7-31-64(49,50)51)39-34-37(66(55,56)57)13-15-40(39)46(19-5-3-4-11-43(47)48)42(44)10-6-9-35-16-21-63-41-33-36(12-14-38(35)41)45(18-8-32-65(52,53)54)20-22-59-25-26-61-29-30-62-28-27-60-24-23-58-2/h6,9-10,12-16,21,33-34H,3-5,7-8,11,17-20,22-32H2,1-2H3,(H3-,47,48,49,50,51,52,53,54,55,56,57)/p-2. The minimum absolute atomic E-state index is 0.00735. The van der Waals surface area contributed by atoms with E-state index in [9.17, 15) is 43.7 Å². The highest BCUT2D eigenvalue weighted by Gasteiger charge is 2.43. The van der Waals surface area contributed by atoms with E-state index in [0.717, 1.165) is 5.56 Å². The lowest BCUT2D eigenvalue weighted by Crippen LogP contribution is -2.35. The van der Waals surface area contributed by atoms with Crippen molar-refractivity contribution in [3.05, 3.63) is 83.1 Å². The summed E-state index contributed by atoms with van der Waals surface area (Å²) < 4.78 is 141. The van der Waals surface area contributed by atoms with Gasteiger partial charge >= 0.3 is 5.97 Å². The SMILES string of the molecule is COCCOCCOCCOCCOCC[N+](CCCS(=O)(=O)[O-])=c1ccc2c(/C=C/C=C3/N(CCCCCC(=O)O)c4ccc(S(=O)(=O)[O-])cc4C3(C)CCCS(=O)(=O)[O-])ccoc-2c1. The Bertz CT molecular complexity index is 2470. The molecular weight excluding hydrogens is 925 g/mol. The average molecular weight is 985 g/mol. The monoisotopic (exact) mass is 984 g/mol. The fourth-order valence-electron chi connectivity index (χ4n) is 7.60. The summed E-state index contributed by atoms with van der Waals surface area (Å²) in [7, 11) is -12.3. The van der Waals surface area contributed by atoms with Crippen LogP contribution in [0.5, 0.6) is 0 Å². The highest BCUT2D eigenvalue weighted by molar-refractivity contribution is 7.86. The number of nitrogens with zero attached hydrogens (tertiary/aromatic N) is 2. The van der Waals surface area contributed by atoms with E-state index in [-0.39, 0.29) is 38.8 Å². The van der Waals surface area contributed by atoms with Crippen molar-refractivity contribution in [2.45, 2.75) is 62.2 Å². The Morgan fingerprint density at radius 3 is 2.03 bits per heavy atom. The minimum atomic E-state index is -4.87. The van der Waals surface area contributed by atoms with Gasteiger partial charge in [0.05, 0.1) is 90.3 Å². The molecule has 0 fully saturated rings. The molecule has 0 radical (unpaired) electrons.